The third-order valence-electron chi connectivity index (χ3n) is 5.07. The van der Waals surface area contributed by atoms with Gasteiger partial charge in [0.05, 0.1) is 19.6 Å². The van der Waals surface area contributed by atoms with Gasteiger partial charge in [-0.15, -0.1) is 0 Å². The van der Waals surface area contributed by atoms with Crippen molar-refractivity contribution in [3.05, 3.63) is 48.0 Å². The minimum Gasteiger partial charge on any atom is -0.481 e. The Bertz CT molecular complexity index is 547. The number of unbranched alkanes of at least 4 members (excludes halogenated alkanes) is 5. The van der Waals surface area contributed by atoms with Gasteiger partial charge >= 0.3 is 5.97 Å². The number of benzene rings is 1. The maximum Gasteiger partial charge on any atom is 0.307 e. The summed E-state index contributed by atoms with van der Waals surface area (Å²) in [6, 6.07) is 10.6. The van der Waals surface area contributed by atoms with Gasteiger partial charge in [-0.3, -0.25) is 4.79 Å². The molecule has 0 radical (unpaired) electrons. The van der Waals surface area contributed by atoms with Crippen LogP contribution in [0.1, 0.15) is 69.8 Å². The van der Waals surface area contributed by atoms with Crippen molar-refractivity contribution < 1.29 is 19.4 Å². The molecule has 4 heteroatoms. The number of carboxylic acids is 1. The van der Waals surface area contributed by atoms with Gasteiger partial charge in [0.1, 0.15) is 0 Å². The fourth-order valence-corrected chi connectivity index (χ4v) is 3.59. The van der Waals surface area contributed by atoms with Gasteiger partial charge in [0.2, 0.25) is 0 Å². The number of carbonyl (C=O) groups is 1. The first-order valence-corrected chi connectivity index (χ1v) is 10.4. The Hall–Kier alpha value is -1.65. The largest absolute Gasteiger partial charge is 0.481 e. The average molecular weight is 375 g/mol. The molecule has 0 bridgehead atoms. The van der Waals surface area contributed by atoms with Crippen LogP contribution < -0.4 is 0 Å². The second kappa shape index (κ2) is 12.7. The van der Waals surface area contributed by atoms with Gasteiger partial charge in [-0.25, -0.2) is 0 Å². The maximum atomic E-state index is 10.4. The Morgan fingerprint density at radius 3 is 2.30 bits per heavy atom. The average Bonchev–Trinajstić information content (AvgIpc) is 3.13. The van der Waals surface area contributed by atoms with E-state index in [-0.39, 0.29) is 12.2 Å². The minimum atomic E-state index is -0.767. The van der Waals surface area contributed by atoms with Gasteiger partial charge in [-0.2, -0.15) is 0 Å². The molecule has 1 N–H and O–H groups in total. The van der Waals surface area contributed by atoms with E-state index < -0.39 is 5.97 Å². The molecule has 0 saturated carbocycles. The molecule has 0 spiro atoms. The molecule has 150 valence electrons. The highest BCUT2D eigenvalue weighted by molar-refractivity contribution is 5.68. The van der Waals surface area contributed by atoms with Crippen LogP contribution in [0.4, 0.5) is 0 Å². The van der Waals surface area contributed by atoms with Crippen LogP contribution in [0.15, 0.2) is 42.5 Å². The monoisotopic (exact) mass is 374 g/mol. The van der Waals surface area contributed by atoms with Crippen molar-refractivity contribution in [2.75, 3.05) is 13.2 Å². The lowest BCUT2D eigenvalue weighted by Gasteiger charge is -2.27. The topological polar surface area (TPSA) is 55.8 Å². The summed E-state index contributed by atoms with van der Waals surface area (Å²) >= 11 is 0. The Labute approximate surface area is 163 Å². The Balaban J connectivity index is 1.56. The molecule has 1 aromatic carbocycles. The first kappa shape index (κ1) is 21.6. The van der Waals surface area contributed by atoms with E-state index in [4.69, 9.17) is 14.6 Å². The summed E-state index contributed by atoms with van der Waals surface area (Å²) in [4.78, 5) is 10.4. The zero-order chi connectivity index (χ0) is 19.2. The summed E-state index contributed by atoms with van der Waals surface area (Å²) in [5.41, 5.74) is 1.40. The smallest absolute Gasteiger partial charge is 0.307 e. The zero-order valence-corrected chi connectivity index (χ0v) is 16.4. The Morgan fingerprint density at radius 1 is 0.926 bits per heavy atom. The molecule has 0 amide bonds. The van der Waals surface area contributed by atoms with Gasteiger partial charge < -0.3 is 14.6 Å². The molecule has 1 aromatic rings. The second-order valence-electron chi connectivity index (χ2n) is 7.32. The first-order chi connectivity index (χ1) is 13.2. The SMILES string of the molecule is O=C(O)C/C=C/CCCCCCC1(CCCCc2ccccc2)OCCO1. The summed E-state index contributed by atoms with van der Waals surface area (Å²) in [6.45, 7) is 1.43. The molecule has 1 saturated heterocycles. The molecule has 0 aromatic heterocycles. The summed E-state index contributed by atoms with van der Waals surface area (Å²) in [5, 5.41) is 8.57. The van der Waals surface area contributed by atoms with E-state index >= 15 is 0 Å². The van der Waals surface area contributed by atoms with Crippen molar-refractivity contribution in [3.8, 4) is 0 Å². The highest BCUT2D eigenvalue weighted by Gasteiger charge is 2.35. The van der Waals surface area contributed by atoms with Crippen LogP contribution in [-0.2, 0) is 20.7 Å². The number of rotatable bonds is 14. The van der Waals surface area contributed by atoms with E-state index in [9.17, 15) is 4.79 Å². The fraction of sp³-hybridized carbons (Fsp3) is 0.609. The number of carboxylic acid groups (broad SMARTS) is 1. The van der Waals surface area contributed by atoms with Crippen LogP contribution in [0.25, 0.3) is 0 Å². The molecule has 4 nitrogen and oxygen atoms in total. The number of allylic oxidation sites excluding steroid dienone is 1. The van der Waals surface area contributed by atoms with E-state index in [1.165, 1.54) is 24.8 Å². The van der Waals surface area contributed by atoms with Crippen molar-refractivity contribution in [2.24, 2.45) is 0 Å². The molecular formula is C23H34O4. The van der Waals surface area contributed by atoms with Crippen molar-refractivity contribution in [2.45, 2.75) is 76.4 Å². The number of hydrogen-bond donors (Lipinski definition) is 1. The predicted molar refractivity (Wildman–Crippen MR) is 108 cm³/mol. The van der Waals surface area contributed by atoms with Gasteiger partial charge in [0.15, 0.2) is 5.79 Å². The summed E-state index contributed by atoms with van der Waals surface area (Å²) in [7, 11) is 0. The summed E-state index contributed by atoms with van der Waals surface area (Å²) in [6.07, 6.45) is 14.8. The fourth-order valence-electron chi connectivity index (χ4n) is 3.59. The second-order valence-corrected chi connectivity index (χ2v) is 7.32. The van der Waals surface area contributed by atoms with Crippen LogP contribution in [0.2, 0.25) is 0 Å². The van der Waals surface area contributed by atoms with Crippen LogP contribution in [0.3, 0.4) is 0 Å². The number of aryl methyl sites for hydroxylation is 1. The molecule has 27 heavy (non-hydrogen) atoms. The molecule has 0 unspecified atom stereocenters. The Kier molecular flexibility index (Phi) is 10.2. The van der Waals surface area contributed by atoms with Gasteiger partial charge in [0.25, 0.3) is 0 Å². The molecule has 2 rings (SSSR count). The van der Waals surface area contributed by atoms with Crippen LogP contribution in [0, 0.1) is 0 Å². The summed E-state index contributed by atoms with van der Waals surface area (Å²) in [5.74, 6) is -1.12. The first-order valence-electron chi connectivity index (χ1n) is 10.4. The molecule has 1 aliphatic rings. The van der Waals surface area contributed by atoms with Crippen molar-refractivity contribution in [1.82, 2.24) is 0 Å². The van der Waals surface area contributed by atoms with Crippen molar-refractivity contribution in [3.63, 3.8) is 0 Å². The third-order valence-corrected chi connectivity index (χ3v) is 5.07. The van der Waals surface area contributed by atoms with E-state index in [1.54, 1.807) is 6.08 Å². The van der Waals surface area contributed by atoms with E-state index in [0.29, 0.717) is 13.2 Å². The summed E-state index contributed by atoms with van der Waals surface area (Å²) < 4.78 is 12.0. The highest BCUT2D eigenvalue weighted by atomic mass is 16.7. The lowest BCUT2D eigenvalue weighted by molar-refractivity contribution is -0.168. The normalized spacial score (nSPS) is 16.1. The predicted octanol–water partition coefficient (Wildman–Crippen LogP) is 5.51. The molecular weight excluding hydrogens is 340 g/mol. The highest BCUT2D eigenvalue weighted by Crippen LogP contribution is 2.31. The van der Waals surface area contributed by atoms with E-state index in [2.05, 4.69) is 30.3 Å². The van der Waals surface area contributed by atoms with Crippen molar-refractivity contribution in [1.29, 1.82) is 0 Å². The van der Waals surface area contributed by atoms with E-state index in [0.717, 1.165) is 44.9 Å². The van der Waals surface area contributed by atoms with E-state index in [1.807, 2.05) is 6.08 Å². The molecule has 0 atom stereocenters. The van der Waals surface area contributed by atoms with Crippen molar-refractivity contribution >= 4 is 5.97 Å². The number of ether oxygens (including phenoxy) is 2. The van der Waals surface area contributed by atoms with Gasteiger partial charge in [-0.1, -0.05) is 55.3 Å². The maximum absolute atomic E-state index is 10.4. The lowest BCUT2D eigenvalue weighted by atomic mass is 9.98. The standard InChI is InChI=1S/C23H34O4/c24-22(25)16-9-4-2-1-3-5-11-17-23(26-19-20-27-23)18-12-10-15-21-13-7-6-8-14-21/h4,6-9,13-14H,1-3,5,10-12,15-20H2,(H,24,25)/b9-4+. The molecule has 0 aliphatic carbocycles. The zero-order valence-electron chi connectivity index (χ0n) is 16.4. The van der Waals surface area contributed by atoms with Gasteiger partial charge in [0, 0.05) is 12.8 Å². The van der Waals surface area contributed by atoms with Gasteiger partial charge in [-0.05, 0) is 44.1 Å². The molecule has 1 fully saturated rings. The Morgan fingerprint density at radius 2 is 1.59 bits per heavy atom. The van der Waals surface area contributed by atoms with Crippen LogP contribution in [0.5, 0.6) is 0 Å². The quantitative estimate of drug-likeness (QED) is 0.344. The van der Waals surface area contributed by atoms with Crippen LogP contribution in [-0.4, -0.2) is 30.1 Å². The lowest BCUT2D eigenvalue weighted by Crippen LogP contribution is -2.30. The number of hydrogen-bond acceptors (Lipinski definition) is 3. The third kappa shape index (κ3) is 9.21. The minimum absolute atomic E-state index is 0.126. The number of aliphatic carboxylic acids is 1. The van der Waals surface area contributed by atoms with Crippen LogP contribution >= 0.6 is 0 Å². The molecule has 1 heterocycles. The molecule has 1 aliphatic heterocycles.